The number of benzene rings is 1. The smallest absolute Gasteiger partial charge is 0.375 e. The Balaban J connectivity index is 2.99. The molecule has 0 atom stereocenters. The number of hydrogen-bond acceptors (Lipinski definition) is 4. The highest BCUT2D eigenvalue weighted by atomic mass is 32.2. The zero-order valence-electron chi connectivity index (χ0n) is 12.4. The van der Waals surface area contributed by atoms with E-state index in [0.717, 1.165) is 12.1 Å². The number of carbonyl (C=O) groups excluding carboxylic acids is 1. The Hall–Kier alpha value is -1.84. The maximum absolute atomic E-state index is 13.1. The number of carbonyl (C=O) groups is 1. The summed E-state index contributed by atoms with van der Waals surface area (Å²) in [6.07, 6.45) is 0. The fraction of sp³-hybridized carbons (Fsp3) is 0.462. The average molecular weight is 356 g/mol. The first-order valence-corrected chi connectivity index (χ1v) is 8.05. The van der Waals surface area contributed by atoms with Gasteiger partial charge in [-0.1, -0.05) is 13.8 Å². The number of amides is 1. The van der Waals surface area contributed by atoms with Crippen molar-refractivity contribution >= 4 is 21.4 Å². The summed E-state index contributed by atoms with van der Waals surface area (Å²) in [5.41, 5.74) is -6.07. The Labute approximate surface area is 131 Å². The standard InChI is InChI=1S/C13H16F4N2O3S/c1-8(2)6-19-12(20)7-18-10-4-3-9(14)5-11(10)23(21,22)13(15,16)17/h3-5,8,18H,6-7H2,1-2H3,(H,19,20). The lowest BCUT2D eigenvalue weighted by atomic mass is 10.2. The summed E-state index contributed by atoms with van der Waals surface area (Å²) in [5, 5.41) is 4.79. The van der Waals surface area contributed by atoms with Gasteiger partial charge in [-0.3, -0.25) is 4.79 Å². The first kappa shape index (κ1) is 19.2. The fourth-order valence-electron chi connectivity index (χ4n) is 1.55. The summed E-state index contributed by atoms with van der Waals surface area (Å²) in [7, 11) is -5.74. The molecule has 0 fully saturated rings. The molecule has 0 aliphatic carbocycles. The minimum absolute atomic E-state index is 0.172. The molecular weight excluding hydrogens is 340 g/mol. The van der Waals surface area contributed by atoms with E-state index < -0.39 is 44.2 Å². The zero-order chi connectivity index (χ0) is 17.8. The van der Waals surface area contributed by atoms with Crippen molar-refractivity contribution in [2.75, 3.05) is 18.4 Å². The Morgan fingerprint density at radius 2 is 1.87 bits per heavy atom. The molecule has 0 aromatic heterocycles. The lowest BCUT2D eigenvalue weighted by molar-refractivity contribution is -0.119. The summed E-state index contributed by atoms with van der Waals surface area (Å²) in [5.74, 6) is -1.49. The maximum Gasteiger partial charge on any atom is 0.501 e. The molecule has 23 heavy (non-hydrogen) atoms. The van der Waals surface area contributed by atoms with Gasteiger partial charge in [0.15, 0.2) is 0 Å². The summed E-state index contributed by atoms with van der Waals surface area (Å²) < 4.78 is 73.9. The molecule has 0 radical (unpaired) electrons. The SMILES string of the molecule is CC(C)CNC(=O)CNc1ccc(F)cc1S(=O)(=O)C(F)(F)F. The molecule has 130 valence electrons. The van der Waals surface area contributed by atoms with Crippen molar-refractivity contribution in [1.82, 2.24) is 5.32 Å². The quantitative estimate of drug-likeness (QED) is 0.767. The van der Waals surface area contributed by atoms with Crippen LogP contribution in [0.25, 0.3) is 0 Å². The highest BCUT2D eigenvalue weighted by molar-refractivity contribution is 7.92. The van der Waals surface area contributed by atoms with E-state index in [9.17, 15) is 30.8 Å². The molecule has 0 aliphatic heterocycles. The van der Waals surface area contributed by atoms with Gasteiger partial charge in [-0.25, -0.2) is 12.8 Å². The van der Waals surface area contributed by atoms with Crippen molar-refractivity contribution in [1.29, 1.82) is 0 Å². The maximum atomic E-state index is 13.1. The minimum atomic E-state index is -5.74. The molecule has 0 spiro atoms. The summed E-state index contributed by atoms with van der Waals surface area (Å²) in [4.78, 5) is 10.3. The molecule has 0 unspecified atom stereocenters. The van der Waals surface area contributed by atoms with E-state index >= 15 is 0 Å². The van der Waals surface area contributed by atoms with Gasteiger partial charge in [0.1, 0.15) is 10.7 Å². The summed E-state index contributed by atoms with van der Waals surface area (Å²) in [6, 6.07) is 1.89. The molecule has 0 bridgehead atoms. The fourth-order valence-corrected chi connectivity index (χ4v) is 2.49. The van der Waals surface area contributed by atoms with Crippen molar-refractivity contribution in [2.45, 2.75) is 24.3 Å². The van der Waals surface area contributed by atoms with Crippen molar-refractivity contribution in [3.8, 4) is 0 Å². The molecule has 1 rings (SSSR count). The highest BCUT2D eigenvalue weighted by Crippen LogP contribution is 2.34. The van der Waals surface area contributed by atoms with Crippen LogP contribution in [0, 0.1) is 11.7 Å². The van der Waals surface area contributed by atoms with E-state index in [0.29, 0.717) is 6.54 Å². The van der Waals surface area contributed by atoms with Crippen molar-refractivity contribution in [3.05, 3.63) is 24.0 Å². The molecule has 1 aromatic rings. The third kappa shape index (κ3) is 5.08. The predicted molar refractivity (Wildman–Crippen MR) is 76.0 cm³/mol. The number of nitrogens with one attached hydrogen (secondary N) is 2. The van der Waals surface area contributed by atoms with Gasteiger partial charge < -0.3 is 10.6 Å². The van der Waals surface area contributed by atoms with Crippen LogP contribution in [-0.4, -0.2) is 32.9 Å². The van der Waals surface area contributed by atoms with Crippen LogP contribution < -0.4 is 10.6 Å². The molecule has 0 aliphatic rings. The van der Waals surface area contributed by atoms with Crippen LogP contribution in [0.2, 0.25) is 0 Å². The summed E-state index contributed by atoms with van der Waals surface area (Å²) in [6.45, 7) is 3.61. The number of hydrogen-bond donors (Lipinski definition) is 2. The van der Waals surface area contributed by atoms with E-state index in [4.69, 9.17) is 0 Å². The number of sulfone groups is 1. The lowest BCUT2D eigenvalue weighted by Gasteiger charge is -2.14. The van der Waals surface area contributed by atoms with Crippen LogP contribution in [0.3, 0.4) is 0 Å². The van der Waals surface area contributed by atoms with Crippen LogP contribution in [0.15, 0.2) is 23.1 Å². The Morgan fingerprint density at radius 3 is 2.39 bits per heavy atom. The average Bonchev–Trinajstić information content (AvgIpc) is 2.42. The van der Waals surface area contributed by atoms with Crippen LogP contribution in [-0.2, 0) is 14.6 Å². The van der Waals surface area contributed by atoms with Gasteiger partial charge in [0.05, 0.1) is 12.2 Å². The molecule has 0 saturated heterocycles. The van der Waals surface area contributed by atoms with E-state index in [2.05, 4.69) is 10.6 Å². The van der Waals surface area contributed by atoms with Crippen LogP contribution >= 0.6 is 0 Å². The van der Waals surface area contributed by atoms with Crippen molar-refractivity contribution in [2.24, 2.45) is 5.92 Å². The van der Waals surface area contributed by atoms with Crippen LogP contribution in [0.4, 0.5) is 23.2 Å². The van der Waals surface area contributed by atoms with Gasteiger partial charge in [0, 0.05) is 6.54 Å². The van der Waals surface area contributed by atoms with E-state index in [1.54, 1.807) is 0 Å². The number of halogens is 4. The van der Waals surface area contributed by atoms with E-state index in [1.807, 2.05) is 13.8 Å². The number of alkyl halides is 3. The van der Waals surface area contributed by atoms with Crippen molar-refractivity contribution in [3.63, 3.8) is 0 Å². The summed E-state index contributed by atoms with van der Waals surface area (Å²) >= 11 is 0. The van der Waals surface area contributed by atoms with E-state index in [-0.39, 0.29) is 12.0 Å². The van der Waals surface area contributed by atoms with Gasteiger partial charge in [-0.2, -0.15) is 13.2 Å². The first-order valence-electron chi connectivity index (χ1n) is 6.56. The monoisotopic (exact) mass is 356 g/mol. The molecule has 1 amide bonds. The largest absolute Gasteiger partial charge is 0.501 e. The molecule has 2 N–H and O–H groups in total. The second-order valence-corrected chi connectivity index (χ2v) is 7.05. The molecule has 0 heterocycles. The molecular formula is C13H16F4N2O3S. The molecule has 10 heteroatoms. The predicted octanol–water partition coefficient (Wildman–Crippen LogP) is 2.30. The lowest BCUT2D eigenvalue weighted by Crippen LogP contribution is -2.33. The van der Waals surface area contributed by atoms with Crippen molar-refractivity contribution < 1.29 is 30.8 Å². The first-order chi connectivity index (χ1) is 10.4. The van der Waals surface area contributed by atoms with Gasteiger partial charge in [-0.15, -0.1) is 0 Å². The van der Waals surface area contributed by atoms with Gasteiger partial charge in [0.25, 0.3) is 9.84 Å². The molecule has 1 aromatic carbocycles. The Kier molecular flexibility index (Phi) is 5.98. The van der Waals surface area contributed by atoms with Crippen LogP contribution in [0.1, 0.15) is 13.8 Å². The van der Waals surface area contributed by atoms with Crippen LogP contribution in [0.5, 0.6) is 0 Å². The third-order valence-corrected chi connectivity index (χ3v) is 4.21. The molecule has 0 saturated carbocycles. The zero-order valence-corrected chi connectivity index (χ0v) is 13.2. The third-order valence-electron chi connectivity index (χ3n) is 2.68. The number of rotatable bonds is 6. The van der Waals surface area contributed by atoms with Gasteiger partial charge in [0.2, 0.25) is 5.91 Å². The van der Waals surface area contributed by atoms with E-state index in [1.165, 1.54) is 0 Å². The Morgan fingerprint density at radius 1 is 1.26 bits per heavy atom. The Bertz CT molecular complexity index is 672. The molecule has 5 nitrogen and oxygen atoms in total. The number of anilines is 1. The minimum Gasteiger partial charge on any atom is -0.375 e. The van der Waals surface area contributed by atoms with Gasteiger partial charge in [-0.05, 0) is 24.1 Å². The second-order valence-electron chi connectivity index (χ2n) is 5.14. The normalized spacial score (nSPS) is 12.3. The topological polar surface area (TPSA) is 75.3 Å². The van der Waals surface area contributed by atoms with Gasteiger partial charge >= 0.3 is 5.51 Å². The highest BCUT2D eigenvalue weighted by Gasteiger charge is 2.48. The second kappa shape index (κ2) is 7.16.